The molecule has 0 heterocycles. The lowest BCUT2D eigenvalue weighted by Crippen LogP contribution is -2.34. The number of hydrogen-bond acceptors (Lipinski definition) is 4. The van der Waals surface area contributed by atoms with Crippen molar-refractivity contribution >= 4 is 17.7 Å². The summed E-state index contributed by atoms with van der Waals surface area (Å²) in [5.41, 5.74) is 0.586. The fraction of sp³-hybridized carbons (Fsp3) is 0.500. The summed E-state index contributed by atoms with van der Waals surface area (Å²) in [7, 11) is 0. The van der Waals surface area contributed by atoms with Crippen LogP contribution < -0.4 is 0 Å². The molecule has 1 saturated carbocycles. The van der Waals surface area contributed by atoms with E-state index in [9.17, 15) is 9.90 Å². The van der Waals surface area contributed by atoms with Gasteiger partial charge < -0.3 is 9.84 Å². The van der Waals surface area contributed by atoms with Gasteiger partial charge in [0.1, 0.15) is 11.0 Å². The number of thioether (sulfide) groups is 1. The maximum atomic E-state index is 11.9. The van der Waals surface area contributed by atoms with Crippen LogP contribution in [0.4, 0.5) is 0 Å². The first kappa shape index (κ1) is 13.4. The van der Waals surface area contributed by atoms with Gasteiger partial charge in [-0.3, -0.25) is 0 Å². The third-order valence-electron chi connectivity index (χ3n) is 3.38. The molecular weight excluding hydrogens is 248 g/mol. The highest BCUT2D eigenvalue weighted by atomic mass is 32.2. The van der Waals surface area contributed by atoms with Crippen molar-refractivity contribution in [3.8, 4) is 0 Å². The lowest BCUT2D eigenvalue weighted by atomic mass is 9.94. The van der Waals surface area contributed by atoms with E-state index < -0.39 is 4.93 Å². The minimum atomic E-state index is -0.629. The molecule has 1 aliphatic carbocycles. The van der Waals surface area contributed by atoms with Crippen molar-refractivity contribution in [2.45, 2.75) is 36.7 Å². The molecule has 98 valence electrons. The van der Waals surface area contributed by atoms with Crippen molar-refractivity contribution in [2.75, 3.05) is 6.26 Å². The van der Waals surface area contributed by atoms with E-state index in [1.807, 2.05) is 24.5 Å². The molecule has 1 aromatic carbocycles. The Morgan fingerprint density at radius 1 is 1.33 bits per heavy atom. The minimum absolute atomic E-state index is 0.0647. The van der Waals surface area contributed by atoms with Gasteiger partial charge in [0.2, 0.25) is 0 Å². The molecule has 0 amide bonds. The molecule has 0 saturated heterocycles. The van der Waals surface area contributed by atoms with E-state index in [4.69, 9.17) is 4.74 Å². The lowest BCUT2D eigenvalue weighted by molar-refractivity contribution is -0.00335. The zero-order valence-electron chi connectivity index (χ0n) is 10.5. The van der Waals surface area contributed by atoms with Gasteiger partial charge in [0, 0.05) is 0 Å². The molecular formula is C14H18O3S. The summed E-state index contributed by atoms with van der Waals surface area (Å²) in [5, 5.41) is 10.1. The van der Waals surface area contributed by atoms with E-state index in [-0.39, 0.29) is 12.1 Å². The number of rotatable bonds is 3. The molecule has 0 radical (unpaired) electrons. The predicted octanol–water partition coefficient (Wildman–Crippen LogP) is 2.84. The second-order valence-corrected chi connectivity index (χ2v) is 5.79. The summed E-state index contributed by atoms with van der Waals surface area (Å²) >= 11 is 1.48. The molecule has 1 aromatic rings. The van der Waals surface area contributed by atoms with Crippen LogP contribution in [0.25, 0.3) is 0 Å². The van der Waals surface area contributed by atoms with Crippen LogP contribution in [0.1, 0.15) is 36.0 Å². The third-order valence-corrected chi connectivity index (χ3v) is 4.55. The molecule has 3 nitrogen and oxygen atoms in total. The van der Waals surface area contributed by atoms with Crippen LogP contribution in [0, 0.1) is 0 Å². The predicted molar refractivity (Wildman–Crippen MR) is 72.6 cm³/mol. The number of carbonyl (C=O) groups is 1. The number of carbonyl (C=O) groups excluding carboxylic acids is 1. The van der Waals surface area contributed by atoms with Crippen molar-refractivity contribution < 1.29 is 14.6 Å². The van der Waals surface area contributed by atoms with Gasteiger partial charge >= 0.3 is 5.97 Å². The average molecular weight is 266 g/mol. The molecule has 18 heavy (non-hydrogen) atoms. The van der Waals surface area contributed by atoms with E-state index in [0.717, 1.165) is 12.8 Å². The van der Waals surface area contributed by atoms with Gasteiger partial charge in [-0.15, -0.1) is 11.8 Å². The first-order valence-corrected chi connectivity index (χ1v) is 7.39. The van der Waals surface area contributed by atoms with E-state index in [2.05, 4.69) is 0 Å². The fourth-order valence-electron chi connectivity index (χ4n) is 2.16. The number of benzene rings is 1. The second-order valence-electron chi connectivity index (χ2n) is 4.62. The number of aliphatic hydroxyl groups is 1. The van der Waals surface area contributed by atoms with E-state index >= 15 is 0 Å². The molecule has 0 atom stereocenters. The van der Waals surface area contributed by atoms with Crippen molar-refractivity contribution in [1.82, 2.24) is 0 Å². The number of hydrogen-bond donors (Lipinski definition) is 1. The summed E-state index contributed by atoms with van der Waals surface area (Å²) in [6.45, 7) is 0. The molecule has 0 spiro atoms. The summed E-state index contributed by atoms with van der Waals surface area (Å²) < 4.78 is 5.46. The zero-order chi connectivity index (χ0) is 13.0. The summed E-state index contributed by atoms with van der Waals surface area (Å²) in [5.74, 6) is -0.268. The molecule has 1 fully saturated rings. The largest absolute Gasteiger partial charge is 0.459 e. The number of ether oxygens (including phenoxy) is 1. The Bertz CT molecular complexity index is 397. The first-order valence-electron chi connectivity index (χ1n) is 6.16. The Morgan fingerprint density at radius 2 is 1.94 bits per heavy atom. The van der Waals surface area contributed by atoms with Gasteiger partial charge in [-0.1, -0.05) is 18.2 Å². The summed E-state index contributed by atoms with van der Waals surface area (Å²) in [4.78, 5) is 11.2. The normalized spacial score (nSPS) is 27.8. The molecule has 0 aromatic heterocycles. The van der Waals surface area contributed by atoms with Gasteiger partial charge in [0.05, 0.1) is 5.56 Å². The molecule has 2 rings (SSSR count). The van der Waals surface area contributed by atoms with Crippen LogP contribution in [-0.2, 0) is 4.74 Å². The smallest absolute Gasteiger partial charge is 0.338 e. The lowest BCUT2D eigenvalue weighted by Gasteiger charge is -2.34. The SMILES string of the molecule is CSC1(O)CCC(OC(=O)c2ccccc2)CC1. The van der Waals surface area contributed by atoms with Gasteiger partial charge in [-0.25, -0.2) is 4.79 Å². The fourth-order valence-corrected chi connectivity index (χ4v) is 2.80. The van der Waals surface area contributed by atoms with Crippen LogP contribution in [0.2, 0.25) is 0 Å². The highest BCUT2D eigenvalue weighted by Gasteiger charge is 2.33. The Balaban J connectivity index is 1.87. The number of esters is 1. The minimum Gasteiger partial charge on any atom is -0.459 e. The summed E-state index contributed by atoms with van der Waals surface area (Å²) in [6, 6.07) is 9.02. The highest BCUT2D eigenvalue weighted by Crippen LogP contribution is 2.37. The van der Waals surface area contributed by atoms with Crippen molar-refractivity contribution in [3.05, 3.63) is 35.9 Å². The van der Waals surface area contributed by atoms with Crippen molar-refractivity contribution in [1.29, 1.82) is 0 Å². The maximum absolute atomic E-state index is 11.9. The summed E-state index contributed by atoms with van der Waals surface area (Å²) in [6.07, 6.45) is 4.68. The van der Waals surface area contributed by atoms with Crippen LogP contribution in [0.15, 0.2) is 30.3 Å². The van der Waals surface area contributed by atoms with Crippen LogP contribution in [0.3, 0.4) is 0 Å². The van der Waals surface area contributed by atoms with Gasteiger partial charge in [-0.05, 0) is 44.1 Å². The molecule has 1 N–H and O–H groups in total. The molecule has 0 aliphatic heterocycles. The second kappa shape index (κ2) is 5.76. The molecule has 4 heteroatoms. The zero-order valence-corrected chi connectivity index (χ0v) is 11.3. The van der Waals surface area contributed by atoms with Crippen LogP contribution in [-0.4, -0.2) is 28.4 Å². The van der Waals surface area contributed by atoms with Gasteiger partial charge in [0.25, 0.3) is 0 Å². The van der Waals surface area contributed by atoms with Crippen LogP contribution >= 0.6 is 11.8 Å². The van der Waals surface area contributed by atoms with Gasteiger partial charge in [-0.2, -0.15) is 0 Å². The van der Waals surface area contributed by atoms with Gasteiger partial charge in [0.15, 0.2) is 0 Å². The Morgan fingerprint density at radius 3 is 2.50 bits per heavy atom. The van der Waals surface area contributed by atoms with E-state index in [1.165, 1.54) is 11.8 Å². The van der Waals surface area contributed by atoms with E-state index in [1.54, 1.807) is 12.1 Å². The molecule has 1 aliphatic rings. The molecule has 0 unspecified atom stereocenters. The molecule has 0 bridgehead atoms. The monoisotopic (exact) mass is 266 g/mol. The Labute approximate surface area is 112 Å². The first-order chi connectivity index (χ1) is 8.63. The quantitative estimate of drug-likeness (QED) is 0.675. The maximum Gasteiger partial charge on any atom is 0.338 e. The van der Waals surface area contributed by atoms with Crippen molar-refractivity contribution in [2.24, 2.45) is 0 Å². The van der Waals surface area contributed by atoms with E-state index in [0.29, 0.717) is 18.4 Å². The Hall–Kier alpha value is -1.00. The van der Waals surface area contributed by atoms with Crippen molar-refractivity contribution in [3.63, 3.8) is 0 Å². The van der Waals surface area contributed by atoms with Crippen LogP contribution in [0.5, 0.6) is 0 Å². The average Bonchev–Trinajstić information content (AvgIpc) is 2.42. The Kier molecular flexibility index (Phi) is 4.30. The topological polar surface area (TPSA) is 46.5 Å². The third kappa shape index (κ3) is 3.27. The highest BCUT2D eigenvalue weighted by molar-refractivity contribution is 7.99. The standard InChI is InChI=1S/C14H18O3S/c1-18-14(16)9-7-12(8-10-14)17-13(15)11-5-3-2-4-6-11/h2-6,12,16H,7-10H2,1H3.